The van der Waals surface area contributed by atoms with Crippen molar-refractivity contribution >= 4 is 43.6 Å². The Labute approximate surface area is 578 Å². The fourth-order valence-electron chi connectivity index (χ4n) is 17.7. The van der Waals surface area contributed by atoms with Gasteiger partial charge in [0.05, 0.1) is 67.0 Å². The lowest BCUT2D eigenvalue weighted by Gasteiger charge is -2.39. The summed E-state index contributed by atoms with van der Waals surface area (Å²) >= 11 is 0. The minimum Gasteiger partial charge on any atom is -0.309 e. The highest BCUT2D eigenvalue weighted by Gasteiger charge is 2.53. The van der Waals surface area contributed by atoms with E-state index in [1.54, 1.807) is 0 Å². The van der Waals surface area contributed by atoms with Gasteiger partial charge in [0.25, 0.3) is 0 Å². The molecule has 4 aromatic heterocycles. The summed E-state index contributed by atoms with van der Waals surface area (Å²) in [6.07, 6.45) is 0. The lowest BCUT2D eigenvalue weighted by atomic mass is 9.65. The van der Waals surface area contributed by atoms with Crippen LogP contribution in [0, 0.1) is 0 Å². The standard InChI is InChI=1S/C48H30N2.C47H29N3/c1-3-14-31(15-4-1)43-29-34(30-44(49-43)32-16-5-2-6-17-32)33-26-27-36-35-18-7-9-21-39(35)48(42(36)28-33)40-22-10-12-25-46(40)50-45-24-11-8-19-37(45)38-20-13-23-41(48)47(38)50;1-3-14-30(15-4-1)41-29-42(31-16-5-2-6-17-31)49-46(48-41)32-26-27-44-40(28-32)47(37-22-10-7-18-33(37)34-19-8-11-23-38(34)47)39-24-13-21-36-35-20-9-12-25-43(35)50(44)45(36)39/h1-30H;1-29H. The predicted octanol–water partition coefficient (Wildman–Crippen LogP) is 23.1. The number of nitrogens with zero attached hydrogens (tertiary/aromatic N) is 5. The minimum absolute atomic E-state index is 0.486. The molecule has 14 aromatic carbocycles. The average molecular weight is 1270 g/mol. The summed E-state index contributed by atoms with van der Waals surface area (Å²) < 4.78 is 5.00. The topological polar surface area (TPSA) is 48.5 Å². The molecule has 0 saturated carbocycles. The third-order valence-electron chi connectivity index (χ3n) is 21.8. The van der Waals surface area contributed by atoms with Crippen LogP contribution in [0.1, 0.15) is 44.5 Å². The zero-order valence-electron chi connectivity index (χ0n) is 54.3. The Morgan fingerprint density at radius 1 is 0.200 bits per heavy atom. The number of fused-ring (bicyclic) bond motifs is 24. The first kappa shape index (κ1) is 56.1. The van der Waals surface area contributed by atoms with E-state index in [9.17, 15) is 0 Å². The summed E-state index contributed by atoms with van der Waals surface area (Å²) in [6, 6.07) is 130. The second-order valence-corrected chi connectivity index (χ2v) is 26.8. The van der Waals surface area contributed by atoms with Crippen molar-refractivity contribution < 1.29 is 0 Å². The first-order valence-corrected chi connectivity index (χ1v) is 34.5. The van der Waals surface area contributed by atoms with Crippen molar-refractivity contribution in [1.29, 1.82) is 0 Å². The van der Waals surface area contributed by atoms with Crippen molar-refractivity contribution in [3.8, 4) is 101 Å². The molecule has 0 radical (unpaired) electrons. The van der Waals surface area contributed by atoms with Crippen molar-refractivity contribution in [2.24, 2.45) is 0 Å². The highest BCUT2D eigenvalue weighted by molar-refractivity contribution is 6.14. The molecule has 4 aliphatic rings. The van der Waals surface area contributed by atoms with Gasteiger partial charge in [-0.15, -0.1) is 0 Å². The largest absolute Gasteiger partial charge is 0.309 e. The van der Waals surface area contributed by atoms with Crippen LogP contribution in [0.25, 0.3) is 145 Å². The van der Waals surface area contributed by atoms with E-state index in [2.05, 4.69) is 355 Å². The third-order valence-corrected chi connectivity index (χ3v) is 21.8. The van der Waals surface area contributed by atoms with Crippen LogP contribution < -0.4 is 0 Å². The van der Waals surface area contributed by atoms with E-state index >= 15 is 0 Å². The third kappa shape index (κ3) is 7.91. The molecule has 0 fully saturated rings. The molecule has 0 bridgehead atoms. The fraction of sp³-hybridized carbons (Fsp3) is 0.0211. The van der Waals surface area contributed by atoms with Crippen LogP contribution in [0.3, 0.4) is 0 Å². The van der Waals surface area contributed by atoms with Crippen LogP contribution in [-0.2, 0) is 10.8 Å². The van der Waals surface area contributed by atoms with Crippen molar-refractivity contribution in [2.75, 3.05) is 0 Å². The van der Waals surface area contributed by atoms with Gasteiger partial charge in [0.2, 0.25) is 0 Å². The molecule has 1 atom stereocenters. The Kier molecular flexibility index (Phi) is 12.2. The molecule has 5 nitrogen and oxygen atoms in total. The lowest BCUT2D eigenvalue weighted by molar-refractivity contribution is 0.748. The summed E-state index contributed by atoms with van der Waals surface area (Å²) in [5, 5.41) is 5.13. The summed E-state index contributed by atoms with van der Waals surface area (Å²) in [5.41, 5.74) is 33.5. The molecule has 100 heavy (non-hydrogen) atoms. The molecule has 2 spiro atoms. The molecule has 2 aliphatic carbocycles. The maximum atomic E-state index is 5.26. The Morgan fingerprint density at radius 3 is 1.06 bits per heavy atom. The van der Waals surface area contributed by atoms with Crippen molar-refractivity contribution in [2.45, 2.75) is 10.8 Å². The second kappa shape index (κ2) is 21.7. The van der Waals surface area contributed by atoms with E-state index in [0.717, 1.165) is 56.2 Å². The van der Waals surface area contributed by atoms with Gasteiger partial charge >= 0.3 is 0 Å². The Hall–Kier alpha value is -13.1. The maximum absolute atomic E-state index is 5.26. The molecule has 0 amide bonds. The molecular weight excluding hydrogens is 1210 g/mol. The van der Waals surface area contributed by atoms with E-state index in [0.29, 0.717) is 5.82 Å². The van der Waals surface area contributed by atoms with E-state index < -0.39 is 10.8 Å². The summed E-state index contributed by atoms with van der Waals surface area (Å²) in [6.45, 7) is 0. The summed E-state index contributed by atoms with van der Waals surface area (Å²) in [5.74, 6) is 0.712. The number of benzene rings is 14. The molecule has 464 valence electrons. The van der Waals surface area contributed by atoms with Gasteiger partial charge in [-0.05, 0) is 139 Å². The number of para-hydroxylation sites is 5. The van der Waals surface area contributed by atoms with Crippen molar-refractivity contribution in [3.05, 3.63) is 402 Å². The van der Waals surface area contributed by atoms with Crippen LogP contribution in [0.2, 0.25) is 0 Å². The number of rotatable bonds is 6. The number of pyridine rings is 1. The van der Waals surface area contributed by atoms with Gasteiger partial charge in [0, 0.05) is 49.4 Å². The van der Waals surface area contributed by atoms with Crippen LogP contribution in [0.15, 0.2) is 358 Å². The number of hydrogen-bond acceptors (Lipinski definition) is 3. The van der Waals surface area contributed by atoms with Gasteiger partial charge in [-0.25, -0.2) is 15.0 Å². The molecule has 0 saturated heterocycles. The highest BCUT2D eigenvalue weighted by Crippen LogP contribution is 2.63. The van der Waals surface area contributed by atoms with Gasteiger partial charge in [-0.2, -0.15) is 0 Å². The van der Waals surface area contributed by atoms with E-state index in [1.807, 2.05) is 12.1 Å². The zero-order chi connectivity index (χ0) is 65.6. The first-order valence-electron chi connectivity index (χ1n) is 34.5. The highest BCUT2D eigenvalue weighted by atomic mass is 15.0. The van der Waals surface area contributed by atoms with Crippen LogP contribution in [0.4, 0.5) is 0 Å². The molecule has 0 N–H and O–H groups in total. The van der Waals surface area contributed by atoms with Crippen LogP contribution in [-0.4, -0.2) is 24.1 Å². The SMILES string of the molecule is c1ccc(-c2cc(-c3ccc4c(c3)C3(c5ccccc5-4)c4ccccc4-n4c5ccccc5c5cccc3c54)cc(-c3ccccc3)n2)cc1.c1ccc(-c2cc(-c3ccccc3)nc(-c3ccc4c(c3)C3(c5ccccc5-c5ccccc53)c3cccc5c6ccccc6n-4c35)n2)cc1. The fourth-order valence-corrected chi connectivity index (χ4v) is 17.7. The summed E-state index contributed by atoms with van der Waals surface area (Å²) in [7, 11) is 0. The molecule has 18 aromatic rings. The van der Waals surface area contributed by atoms with Gasteiger partial charge in [-0.3, -0.25) is 0 Å². The van der Waals surface area contributed by atoms with Crippen molar-refractivity contribution in [3.63, 3.8) is 0 Å². The molecule has 2 aliphatic heterocycles. The van der Waals surface area contributed by atoms with Crippen LogP contribution in [0.5, 0.6) is 0 Å². The molecule has 6 heterocycles. The normalized spacial score (nSPS) is 14.3. The maximum Gasteiger partial charge on any atom is 0.160 e. The second-order valence-electron chi connectivity index (χ2n) is 26.8. The van der Waals surface area contributed by atoms with E-state index in [-0.39, 0.29) is 0 Å². The van der Waals surface area contributed by atoms with Crippen LogP contribution >= 0.6 is 0 Å². The number of aromatic nitrogens is 5. The quantitative estimate of drug-likeness (QED) is 0.167. The van der Waals surface area contributed by atoms with E-state index in [4.69, 9.17) is 15.0 Å². The zero-order valence-corrected chi connectivity index (χ0v) is 54.3. The van der Waals surface area contributed by atoms with Crippen molar-refractivity contribution in [1.82, 2.24) is 24.1 Å². The lowest BCUT2D eigenvalue weighted by Crippen LogP contribution is -2.33. The molecule has 22 rings (SSSR count). The van der Waals surface area contributed by atoms with Gasteiger partial charge in [0.1, 0.15) is 0 Å². The van der Waals surface area contributed by atoms with Gasteiger partial charge < -0.3 is 9.13 Å². The molecule has 5 heteroatoms. The Balaban J connectivity index is 0.000000131. The average Bonchev–Trinajstić information content (AvgIpc) is 1.49. The van der Waals surface area contributed by atoms with Gasteiger partial charge in [0.15, 0.2) is 5.82 Å². The minimum atomic E-state index is -0.526. The Bertz CT molecular complexity index is 6220. The first-order chi connectivity index (χ1) is 49.6. The van der Waals surface area contributed by atoms with Gasteiger partial charge in [-0.1, -0.05) is 297 Å². The smallest absolute Gasteiger partial charge is 0.160 e. The summed E-state index contributed by atoms with van der Waals surface area (Å²) in [4.78, 5) is 15.7. The predicted molar refractivity (Wildman–Crippen MR) is 409 cm³/mol. The monoisotopic (exact) mass is 1270 g/mol. The molecule has 1 unspecified atom stereocenters. The Morgan fingerprint density at radius 2 is 0.560 bits per heavy atom. The molecular formula is C95H59N5. The number of hydrogen-bond donors (Lipinski definition) is 0. The van der Waals surface area contributed by atoms with E-state index in [1.165, 1.54) is 127 Å².